The maximum Gasteiger partial charge on any atom is 0.261 e. The van der Waals surface area contributed by atoms with Gasteiger partial charge in [0, 0.05) is 12.4 Å². The first-order chi connectivity index (χ1) is 9.27. The molecule has 1 aliphatic heterocycles. The number of hydrazone groups is 1. The summed E-state index contributed by atoms with van der Waals surface area (Å²) < 4.78 is 0. The van der Waals surface area contributed by atoms with Gasteiger partial charge in [-0.2, -0.15) is 10.1 Å². The van der Waals surface area contributed by atoms with Crippen LogP contribution in [0.15, 0.2) is 53.8 Å². The van der Waals surface area contributed by atoms with Gasteiger partial charge in [0.25, 0.3) is 5.91 Å². The van der Waals surface area contributed by atoms with Crippen LogP contribution in [0.3, 0.4) is 0 Å². The molecule has 4 heteroatoms. The van der Waals surface area contributed by atoms with Crippen molar-refractivity contribution >= 4 is 17.9 Å². The van der Waals surface area contributed by atoms with E-state index in [2.05, 4.69) is 10.1 Å². The molecule has 4 nitrogen and oxygen atoms in total. The van der Waals surface area contributed by atoms with E-state index in [0.29, 0.717) is 5.82 Å². The number of aryl methyl sites for hydroxylation is 1. The van der Waals surface area contributed by atoms with Crippen LogP contribution < -0.4 is 5.01 Å². The van der Waals surface area contributed by atoms with E-state index in [9.17, 15) is 4.79 Å². The first kappa shape index (κ1) is 11.6. The normalized spacial score (nSPS) is 18.1. The van der Waals surface area contributed by atoms with Gasteiger partial charge in [-0.3, -0.25) is 4.79 Å². The van der Waals surface area contributed by atoms with Crippen LogP contribution in [0.5, 0.6) is 0 Å². The number of nitrogens with zero attached hydrogens (tertiary/aromatic N) is 3. The Kier molecular flexibility index (Phi) is 2.83. The van der Waals surface area contributed by atoms with Gasteiger partial charge in [-0.25, -0.2) is 4.98 Å². The molecule has 0 N–H and O–H groups in total. The molecule has 2 heterocycles. The molecule has 1 amide bonds. The Hall–Kier alpha value is -2.49. The minimum atomic E-state index is -0.316. The summed E-state index contributed by atoms with van der Waals surface area (Å²) in [4.78, 5) is 16.6. The van der Waals surface area contributed by atoms with E-state index in [1.54, 1.807) is 18.5 Å². The molecule has 94 valence electrons. The lowest BCUT2D eigenvalue weighted by Crippen LogP contribution is -2.25. The lowest BCUT2D eigenvalue weighted by atomic mass is 9.95. The van der Waals surface area contributed by atoms with Gasteiger partial charge in [0.15, 0.2) is 5.82 Å². The van der Waals surface area contributed by atoms with Crippen LogP contribution in [0.25, 0.3) is 0 Å². The molecule has 1 aliphatic rings. The number of hydrogen-bond donors (Lipinski definition) is 0. The van der Waals surface area contributed by atoms with Crippen LogP contribution in [0.4, 0.5) is 5.82 Å². The van der Waals surface area contributed by atoms with E-state index in [0.717, 1.165) is 11.1 Å². The molecule has 2 aromatic rings. The summed E-state index contributed by atoms with van der Waals surface area (Å²) in [5.74, 6) is 0.177. The minimum Gasteiger partial charge on any atom is -0.271 e. The van der Waals surface area contributed by atoms with Crippen molar-refractivity contribution in [2.75, 3.05) is 5.01 Å². The number of aromatic nitrogens is 1. The molecule has 19 heavy (non-hydrogen) atoms. The zero-order valence-corrected chi connectivity index (χ0v) is 10.5. The maximum absolute atomic E-state index is 12.4. The number of rotatable bonds is 2. The first-order valence-corrected chi connectivity index (χ1v) is 6.12. The molecule has 3 rings (SSSR count). The molecule has 0 saturated carbocycles. The fourth-order valence-electron chi connectivity index (χ4n) is 2.19. The molecule has 0 spiro atoms. The monoisotopic (exact) mass is 251 g/mol. The van der Waals surface area contributed by atoms with E-state index >= 15 is 0 Å². The third-order valence-electron chi connectivity index (χ3n) is 3.20. The van der Waals surface area contributed by atoms with Crippen molar-refractivity contribution in [3.63, 3.8) is 0 Å². The van der Waals surface area contributed by atoms with Gasteiger partial charge in [0.05, 0.1) is 0 Å². The molecule has 0 saturated heterocycles. The van der Waals surface area contributed by atoms with E-state index in [1.807, 2.05) is 43.3 Å². The largest absolute Gasteiger partial charge is 0.271 e. The summed E-state index contributed by atoms with van der Waals surface area (Å²) in [6, 6.07) is 13.3. The highest BCUT2D eigenvalue weighted by Crippen LogP contribution is 2.27. The van der Waals surface area contributed by atoms with E-state index < -0.39 is 0 Å². The fraction of sp³-hybridized carbons (Fsp3) is 0.133. The van der Waals surface area contributed by atoms with E-state index in [-0.39, 0.29) is 11.8 Å². The fourth-order valence-corrected chi connectivity index (χ4v) is 2.19. The van der Waals surface area contributed by atoms with Crippen LogP contribution >= 0.6 is 0 Å². The SMILES string of the molecule is Cc1ccccc1C1C=NN(c2ccccn2)C1=O. The zero-order chi connectivity index (χ0) is 13.2. The van der Waals surface area contributed by atoms with Crippen LogP contribution in [0.2, 0.25) is 0 Å². The number of amides is 1. The second-order valence-corrected chi connectivity index (χ2v) is 4.44. The van der Waals surface area contributed by atoms with Crippen LogP contribution in [0.1, 0.15) is 17.0 Å². The van der Waals surface area contributed by atoms with Gasteiger partial charge in [0.1, 0.15) is 5.92 Å². The second kappa shape index (κ2) is 4.65. The summed E-state index contributed by atoms with van der Waals surface area (Å²) in [5.41, 5.74) is 2.09. The Morgan fingerprint density at radius 1 is 1.11 bits per heavy atom. The quantitative estimate of drug-likeness (QED) is 0.823. The zero-order valence-electron chi connectivity index (χ0n) is 10.5. The summed E-state index contributed by atoms with van der Waals surface area (Å²) in [5, 5.41) is 5.54. The molecule has 0 radical (unpaired) electrons. The van der Waals surface area contributed by atoms with Gasteiger partial charge in [-0.15, -0.1) is 0 Å². The predicted octanol–water partition coefficient (Wildman–Crippen LogP) is 2.51. The Labute approximate surface area is 111 Å². The van der Waals surface area contributed by atoms with Gasteiger partial charge in [-0.1, -0.05) is 30.3 Å². The first-order valence-electron chi connectivity index (χ1n) is 6.12. The van der Waals surface area contributed by atoms with Crippen molar-refractivity contribution in [1.82, 2.24) is 4.98 Å². The number of hydrogen-bond acceptors (Lipinski definition) is 3. The van der Waals surface area contributed by atoms with Crippen molar-refractivity contribution in [2.24, 2.45) is 5.10 Å². The lowest BCUT2D eigenvalue weighted by Gasteiger charge is -2.14. The standard InChI is InChI=1S/C15H13N3O/c1-11-6-2-3-7-12(11)13-10-17-18(15(13)19)14-8-4-5-9-16-14/h2-10,13H,1H3. The highest BCUT2D eigenvalue weighted by Gasteiger charge is 2.32. The topological polar surface area (TPSA) is 45.6 Å². The van der Waals surface area contributed by atoms with Crippen molar-refractivity contribution < 1.29 is 4.79 Å². The minimum absolute atomic E-state index is 0.0620. The molecule has 1 unspecified atom stereocenters. The van der Waals surface area contributed by atoms with Crippen molar-refractivity contribution in [3.05, 3.63) is 59.8 Å². The number of carbonyl (C=O) groups is 1. The molecule has 0 aliphatic carbocycles. The third-order valence-corrected chi connectivity index (χ3v) is 3.20. The molecule has 1 atom stereocenters. The van der Waals surface area contributed by atoms with Crippen LogP contribution in [-0.4, -0.2) is 17.1 Å². The summed E-state index contributed by atoms with van der Waals surface area (Å²) >= 11 is 0. The Balaban J connectivity index is 1.92. The van der Waals surface area contributed by atoms with Crippen molar-refractivity contribution in [1.29, 1.82) is 0 Å². The van der Waals surface area contributed by atoms with Crippen LogP contribution in [0, 0.1) is 6.92 Å². The van der Waals surface area contributed by atoms with Gasteiger partial charge >= 0.3 is 0 Å². The molecular weight excluding hydrogens is 238 g/mol. The number of benzene rings is 1. The number of anilines is 1. The summed E-state index contributed by atoms with van der Waals surface area (Å²) in [6.07, 6.45) is 3.33. The molecular formula is C15H13N3O. The number of carbonyl (C=O) groups excluding carboxylic acids is 1. The Morgan fingerprint density at radius 3 is 2.63 bits per heavy atom. The summed E-state index contributed by atoms with van der Waals surface area (Å²) in [6.45, 7) is 2.00. The van der Waals surface area contributed by atoms with E-state index in [4.69, 9.17) is 0 Å². The maximum atomic E-state index is 12.4. The van der Waals surface area contributed by atoms with E-state index in [1.165, 1.54) is 5.01 Å². The highest BCUT2D eigenvalue weighted by atomic mass is 16.2. The molecule has 0 fully saturated rings. The number of pyridine rings is 1. The molecule has 1 aromatic heterocycles. The molecule has 0 bridgehead atoms. The average molecular weight is 251 g/mol. The average Bonchev–Trinajstić information content (AvgIpc) is 2.82. The highest BCUT2D eigenvalue weighted by molar-refractivity contribution is 6.11. The van der Waals surface area contributed by atoms with Gasteiger partial charge in [-0.05, 0) is 30.2 Å². The predicted molar refractivity (Wildman–Crippen MR) is 74.1 cm³/mol. The smallest absolute Gasteiger partial charge is 0.261 e. The Morgan fingerprint density at radius 2 is 1.89 bits per heavy atom. The second-order valence-electron chi connectivity index (χ2n) is 4.44. The summed E-state index contributed by atoms with van der Waals surface area (Å²) in [7, 11) is 0. The van der Waals surface area contributed by atoms with Crippen molar-refractivity contribution in [2.45, 2.75) is 12.8 Å². The van der Waals surface area contributed by atoms with Crippen molar-refractivity contribution in [3.8, 4) is 0 Å². The van der Waals surface area contributed by atoms with Crippen LogP contribution in [-0.2, 0) is 4.79 Å². The van der Waals surface area contributed by atoms with Gasteiger partial charge in [0.2, 0.25) is 0 Å². The lowest BCUT2D eigenvalue weighted by molar-refractivity contribution is -0.118. The Bertz CT molecular complexity index is 637. The van der Waals surface area contributed by atoms with Gasteiger partial charge < -0.3 is 0 Å². The molecule has 1 aromatic carbocycles. The third kappa shape index (κ3) is 2.01.